The number of aryl methyl sites for hydroxylation is 1. The molecule has 1 amide bonds. The van der Waals surface area contributed by atoms with Crippen LogP contribution in [0.25, 0.3) is 0 Å². The Hall–Kier alpha value is -1.42. The minimum absolute atomic E-state index is 0.109. The van der Waals surface area contributed by atoms with Gasteiger partial charge in [-0.3, -0.25) is 4.79 Å². The van der Waals surface area contributed by atoms with Crippen LogP contribution >= 0.6 is 0 Å². The van der Waals surface area contributed by atoms with Crippen molar-refractivity contribution in [2.75, 3.05) is 19.6 Å². The normalized spacial score (nSPS) is 18.4. The van der Waals surface area contributed by atoms with Gasteiger partial charge in [-0.15, -0.1) is 0 Å². The quantitative estimate of drug-likeness (QED) is 0.884. The summed E-state index contributed by atoms with van der Waals surface area (Å²) < 4.78 is 13.2. The molecule has 19 heavy (non-hydrogen) atoms. The molecule has 1 aliphatic rings. The first-order valence-electron chi connectivity index (χ1n) is 6.66. The van der Waals surface area contributed by atoms with Gasteiger partial charge in [-0.25, -0.2) is 4.39 Å². The van der Waals surface area contributed by atoms with Crippen LogP contribution in [-0.4, -0.2) is 36.0 Å². The minimum Gasteiger partial charge on any atom is -0.335 e. The zero-order valence-electron chi connectivity index (χ0n) is 11.8. The molecule has 2 rings (SSSR count). The van der Waals surface area contributed by atoms with E-state index in [0.29, 0.717) is 12.0 Å². The molecule has 0 atom stereocenters. The molecular weight excluding hydrogens is 243 g/mol. The van der Waals surface area contributed by atoms with Crippen molar-refractivity contribution >= 4 is 5.91 Å². The second-order valence-electron chi connectivity index (χ2n) is 5.79. The predicted molar refractivity (Wildman–Crippen MR) is 73.5 cm³/mol. The van der Waals surface area contributed by atoms with E-state index in [0.717, 1.165) is 25.2 Å². The molecule has 0 aliphatic carbocycles. The number of nitrogens with one attached hydrogen (secondary N) is 1. The smallest absolute Gasteiger partial charge is 0.227 e. The second kappa shape index (κ2) is 5.29. The molecule has 1 saturated heterocycles. The molecule has 1 aliphatic heterocycles. The topological polar surface area (TPSA) is 32.3 Å². The average molecular weight is 264 g/mol. The Morgan fingerprint density at radius 2 is 2.21 bits per heavy atom. The molecule has 0 unspecified atom stereocenters. The first kappa shape index (κ1) is 14.0. The van der Waals surface area contributed by atoms with Crippen molar-refractivity contribution < 1.29 is 9.18 Å². The van der Waals surface area contributed by atoms with Crippen LogP contribution in [0.1, 0.15) is 25.0 Å². The van der Waals surface area contributed by atoms with E-state index in [9.17, 15) is 9.18 Å². The Morgan fingerprint density at radius 3 is 2.84 bits per heavy atom. The largest absolute Gasteiger partial charge is 0.335 e. The lowest BCUT2D eigenvalue weighted by molar-refractivity contribution is -0.136. The van der Waals surface area contributed by atoms with Crippen molar-refractivity contribution in [3.63, 3.8) is 0 Å². The third kappa shape index (κ3) is 3.13. The van der Waals surface area contributed by atoms with Gasteiger partial charge in [0.1, 0.15) is 5.82 Å². The Balaban J connectivity index is 2.09. The van der Waals surface area contributed by atoms with Crippen molar-refractivity contribution in [3.05, 3.63) is 35.1 Å². The highest BCUT2D eigenvalue weighted by Crippen LogP contribution is 2.18. The molecule has 0 bridgehead atoms. The number of hydrogen-bond acceptors (Lipinski definition) is 2. The van der Waals surface area contributed by atoms with E-state index in [2.05, 4.69) is 19.2 Å². The lowest BCUT2D eigenvalue weighted by atomic mass is 9.98. The highest BCUT2D eigenvalue weighted by Gasteiger charge is 2.32. The fourth-order valence-corrected chi connectivity index (χ4v) is 2.53. The number of carbonyl (C=O) groups is 1. The Bertz CT molecular complexity index is 485. The molecule has 1 fully saturated rings. The van der Waals surface area contributed by atoms with E-state index in [4.69, 9.17) is 0 Å². The molecule has 104 valence electrons. The van der Waals surface area contributed by atoms with Gasteiger partial charge >= 0.3 is 0 Å². The molecule has 0 saturated carbocycles. The van der Waals surface area contributed by atoms with Crippen molar-refractivity contribution in [1.82, 2.24) is 10.2 Å². The van der Waals surface area contributed by atoms with Crippen molar-refractivity contribution in [1.29, 1.82) is 0 Å². The molecule has 1 N–H and O–H groups in total. The lowest BCUT2D eigenvalue weighted by Gasteiger charge is -2.43. The van der Waals surface area contributed by atoms with Gasteiger partial charge < -0.3 is 10.2 Å². The van der Waals surface area contributed by atoms with E-state index < -0.39 is 0 Å². The average Bonchev–Trinajstić information content (AvgIpc) is 2.33. The molecule has 0 radical (unpaired) electrons. The standard InChI is InChI=1S/C15H21FN2O/c1-11-8-12(4-5-13(11)16)9-14(19)18-7-6-17-10-15(18,2)3/h4-5,8,17H,6-7,9-10H2,1-3H3. The third-order valence-corrected chi connectivity index (χ3v) is 3.68. The van der Waals surface area contributed by atoms with Gasteiger partial charge in [-0.1, -0.05) is 12.1 Å². The summed E-state index contributed by atoms with van der Waals surface area (Å²) in [5, 5.41) is 3.30. The number of halogens is 1. The predicted octanol–water partition coefficient (Wildman–Crippen LogP) is 1.89. The Kier molecular flexibility index (Phi) is 3.90. The van der Waals surface area contributed by atoms with Crippen LogP contribution in [0.5, 0.6) is 0 Å². The first-order valence-corrected chi connectivity index (χ1v) is 6.66. The van der Waals surface area contributed by atoms with Crippen molar-refractivity contribution in [2.45, 2.75) is 32.7 Å². The summed E-state index contributed by atoms with van der Waals surface area (Å²) in [5.74, 6) is -0.115. The number of carbonyl (C=O) groups excluding carboxylic acids is 1. The Labute approximate surface area is 113 Å². The number of rotatable bonds is 2. The maximum Gasteiger partial charge on any atom is 0.227 e. The van der Waals surface area contributed by atoms with E-state index in [1.807, 2.05) is 4.90 Å². The number of hydrogen-bond donors (Lipinski definition) is 1. The zero-order chi connectivity index (χ0) is 14.0. The summed E-state index contributed by atoms with van der Waals surface area (Å²) in [7, 11) is 0. The van der Waals surface area contributed by atoms with Crippen LogP contribution in [0.3, 0.4) is 0 Å². The summed E-state index contributed by atoms with van der Waals surface area (Å²) in [6.07, 6.45) is 0.338. The summed E-state index contributed by atoms with van der Waals surface area (Å²) in [4.78, 5) is 14.3. The molecular formula is C15H21FN2O. The number of amides is 1. The van der Waals surface area contributed by atoms with Gasteiger partial charge in [0, 0.05) is 25.2 Å². The molecule has 0 aromatic heterocycles. The van der Waals surface area contributed by atoms with Crippen molar-refractivity contribution in [2.24, 2.45) is 0 Å². The maximum absolute atomic E-state index is 13.2. The SMILES string of the molecule is Cc1cc(CC(=O)N2CCNCC2(C)C)ccc1F. The monoisotopic (exact) mass is 264 g/mol. The van der Waals surface area contributed by atoms with Gasteiger partial charge in [-0.2, -0.15) is 0 Å². The van der Waals surface area contributed by atoms with Gasteiger partial charge in [0.2, 0.25) is 5.91 Å². The molecule has 1 aromatic rings. The summed E-state index contributed by atoms with van der Waals surface area (Å²) in [6, 6.07) is 4.87. The van der Waals surface area contributed by atoms with Crippen molar-refractivity contribution in [3.8, 4) is 0 Å². The molecule has 3 nitrogen and oxygen atoms in total. The van der Waals surface area contributed by atoms with E-state index in [1.54, 1.807) is 19.1 Å². The van der Waals surface area contributed by atoms with E-state index in [-0.39, 0.29) is 17.3 Å². The number of benzene rings is 1. The number of piperazine rings is 1. The minimum atomic E-state index is -0.223. The van der Waals surface area contributed by atoms with Crippen LogP contribution in [0.4, 0.5) is 4.39 Å². The van der Waals surface area contributed by atoms with Gasteiger partial charge in [-0.05, 0) is 38.0 Å². The van der Waals surface area contributed by atoms with Crippen LogP contribution in [0, 0.1) is 12.7 Å². The summed E-state index contributed by atoms with van der Waals surface area (Å²) in [6.45, 7) is 8.21. The summed E-state index contributed by atoms with van der Waals surface area (Å²) in [5.41, 5.74) is 1.30. The first-order chi connectivity index (χ1) is 8.90. The Morgan fingerprint density at radius 1 is 1.47 bits per heavy atom. The van der Waals surface area contributed by atoms with Crippen LogP contribution in [-0.2, 0) is 11.2 Å². The third-order valence-electron chi connectivity index (χ3n) is 3.68. The molecule has 1 heterocycles. The highest BCUT2D eigenvalue weighted by molar-refractivity contribution is 5.79. The molecule has 0 spiro atoms. The highest BCUT2D eigenvalue weighted by atomic mass is 19.1. The van der Waals surface area contributed by atoms with E-state index >= 15 is 0 Å². The zero-order valence-corrected chi connectivity index (χ0v) is 11.8. The van der Waals surface area contributed by atoms with E-state index in [1.165, 1.54) is 6.07 Å². The lowest BCUT2D eigenvalue weighted by Crippen LogP contribution is -2.60. The van der Waals surface area contributed by atoms with Crippen LogP contribution in [0.2, 0.25) is 0 Å². The molecule has 1 aromatic carbocycles. The van der Waals surface area contributed by atoms with Gasteiger partial charge in [0.25, 0.3) is 0 Å². The number of nitrogens with zero attached hydrogens (tertiary/aromatic N) is 1. The second-order valence-corrected chi connectivity index (χ2v) is 5.79. The maximum atomic E-state index is 13.2. The van der Waals surface area contributed by atoms with Crippen LogP contribution < -0.4 is 5.32 Å². The fraction of sp³-hybridized carbons (Fsp3) is 0.533. The fourth-order valence-electron chi connectivity index (χ4n) is 2.53. The van der Waals surface area contributed by atoms with Crippen LogP contribution in [0.15, 0.2) is 18.2 Å². The summed E-state index contributed by atoms with van der Waals surface area (Å²) >= 11 is 0. The van der Waals surface area contributed by atoms with Gasteiger partial charge in [0.05, 0.1) is 6.42 Å². The van der Waals surface area contributed by atoms with Gasteiger partial charge in [0.15, 0.2) is 0 Å². The molecule has 4 heteroatoms.